The van der Waals surface area contributed by atoms with Crippen LogP contribution in [0.2, 0.25) is 0 Å². The Kier molecular flexibility index (Phi) is 3.19. The fourth-order valence-electron chi connectivity index (χ4n) is 3.61. The molecule has 1 aromatic heterocycles. The second-order valence-corrected chi connectivity index (χ2v) is 7.16. The van der Waals surface area contributed by atoms with Gasteiger partial charge in [0.1, 0.15) is 11.1 Å². The maximum atomic E-state index is 9.58. The molecule has 0 bridgehead atoms. The van der Waals surface area contributed by atoms with Crippen LogP contribution in [0, 0.1) is 11.3 Å². The normalized spacial score (nSPS) is 27.0. The number of ether oxygens (including phenoxy) is 2. The summed E-state index contributed by atoms with van der Waals surface area (Å²) in [6, 6.07) is 2.65. The van der Waals surface area contributed by atoms with Crippen LogP contribution in [-0.2, 0) is 22.3 Å². The van der Waals surface area contributed by atoms with E-state index >= 15 is 0 Å². The minimum Gasteiger partial charge on any atom is -0.361 e. The van der Waals surface area contributed by atoms with Crippen molar-refractivity contribution in [3.8, 4) is 6.07 Å². The van der Waals surface area contributed by atoms with Gasteiger partial charge >= 0.3 is 0 Å². The molecule has 1 aliphatic carbocycles. The monoisotopic (exact) mass is 305 g/mol. The molecule has 21 heavy (non-hydrogen) atoms. The Balaban J connectivity index is 1.68. The van der Waals surface area contributed by atoms with Gasteiger partial charge in [0.2, 0.25) is 0 Å². The van der Waals surface area contributed by atoms with Crippen molar-refractivity contribution >= 4 is 16.3 Å². The van der Waals surface area contributed by atoms with Crippen LogP contribution in [0.3, 0.4) is 0 Å². The van der Waals surface area contributed by atoms with Crippen molar-refractivity contribution in [3.05, 3.63) is 16.0 Å². The van der Waals surface area contributed by atoms with Gasteiger partial charge in [-0.15, -0.1) is 11.3 Å². The molecule has 1 atom stereocenters. The molecular weight excluding hydrogens is 286 g/mol. The number of nitrogens with zero attached hydrogens (tertiary/aromatic N) is 2. The summed E-state index contributed by atoms with van der Waals surface area (Å²) >= 11 is 1.73. The maximum Gasteiger partial charge on any atom is 0.173 e. The van der Waals surface area contributed by atoms with Crippen molar-refractivity contribution in [3.63, 3.8) is 0 Å². The zero-order valence-corrected chi connectivity index (χ0v) is 12.7. The molecule has 112 valence electrons. The average Bonchev–Trinajstić information content (AvgIpc) is 3.17. The van der Waals surface area contributed by atoms with E-state index in [0.717, 1.165) is 49.3 Å². The molecule has 2 aliphatic heterocycles. The van der Waals surface area contributed by atoms with Crippen LogP contribution in [0.1, 0.15) is 28.8 Å². The number of fused-ring (bicyclic) bond motifs is 1. The van der Waals surface area contributed by atoms with Crippen molar-refractivity contribution in [1.29, 1.82) is 5.26 Å². The maximum absolute atomic E-state index is 9.58. The number of hydrogen-bond acceptors (Lipinski definition) is 6. The predicted molar refractivity (Wildman–Crippen MR) is 80.5 cm³/mol. The molecule has 0 saturated carbocycles. The second-order valence-electron chi connectivity index (χ2n) is 6.07. The molecule has 3 heterocycles. The first-order valence-corrected chi connectivity index (χ1v) is 8.35. The Hall–Kier alpha value is -1.13. The van der Waals surface area contributed by atoms with Crippen molar-refractivity contribution < 1.29 is 9.47 Å². The summed E-state index contributed by atoms with van der Waals surface area (Å²) in [6.45, 7) is 3.17. The highest BCUT2D eigenvalue weighted by molar-refractivity contribution is 7.16. The van der Waals surface area contributed by atoms with Gasteiger partial charge in [-0.1, -0.05) is 0 Å². The first-order valence-electron chi connectivity index (χ1n) is 7.54. The van der Waals surface area contributed by atoms with Crippen molar-refractivity contribution in [2.45, 2.75) is 37.5 Å². The van der Waals surface area contributed by atoms with Crippen LogP contribution >= 0.6 is 11.3 Å². The van der Waals surface area contributed by atoms with Gasteiger partial charge in [0.05, 0.1) is 18.8 Å². The summed E-state index contributed by atoms with van der Waals surface area (Å²) in [5, 5.41) is 10.7. The third kappa shape index (κ3) is 2.16. The van der Waals surface area contributed by atoms with E-state index in [1.54, 1.807) is 11.3 Å². The van der Waals surface area contributed by atoms with E-state index in [-0.39, 0.29) is 6.04 Å². The molecule has 0 unspecified atom stereocenters. The molecule has 2 fully saturated rings. The summed E-state index contributed by atoms with van der Waals surface area (Å²) < 4.78 is 11.7. The van der Waals surface area contributed by atoms with Gasteiger partial charge in [0.15, 0.2) is 5.79 Å². The molecule has 5 nitrogen and oxygen atoms in total. The quantitative estimate of drug-likeness (QED) is 0.849. The summed E-state index contributed by atoms with van der Waals surface area (Å²) in [6.07, 6.45) is 3.50. The fraction of sp³-hybridized carbons (Fsp3) is 0.667. The smallest absolute Gasteiger partial charge is 0.173 e. The molecule has 2 N–H and O–H groups in total. The van der Waals surface area contributed by atoms with Gasteiger partial charge in [-0.05, 0) is 18.4 Å². The molecule has 4 rings (SSSR count). The zero-order chi connectivity index (χ0) is 14.4. The van der Waals surface area contributed by atoms with Crippen molar-refractivity contribution in [2.75, 3.05) is 31.2 Å². The van der Waals surface area contributed by atoms with E-state index in [2.05, 4.69) is 11.0 Å². The molecular formula is C15H19N3O2S. The Labute approximate surface area is 128 Å². The Morgan fingerprint density at radius 1 is 1.38 bits per heavy atom. The fourth-order valence-corrected chi connectivity index (χ4v) is 5.03. The third-order valence-corrected chi connectivity index (χ3v) is 5.99. The van der Waals surface area contributed by atoms with E-state index in [1.165, 1.54) is 10.4 Å². The summed E-state index contributed by atoms with van der Waals surface area (Å²) in [7, 11) is 0. The van der Waals surface area contributed by atoms with Gasteiger partial charge in [0.25, 0.3) is 0 Å². The highest BCUT2D eigenvalue weighted by Gasteiger charge is 2.42. The first-order chi connectivity index (χ1) is 10.2. The first kappa shape index (κ1) is 13.5. The average molecular weight is 305 g/mol. The number of hydrogen-bond donors (Lipinski definition) is 1. The van der Waals surface area contributed by atoms with Gasteiger partial charge in [-0.3, -0.25) is 0 Å². The lowest BCUT2D eigenvalue weighted by molar-refractivity contribution is -0.163. The van der Waals surface area contributed by atoms with Crippen LogP contribution in [0.5, 0.6) is 0 Å². The minimum atomic E-state index is -0.427. The summed E-state index contributed by atoms with van der Waals surface area (Å²) in [5.41, 5.74) is 8.08. The number of rotatable bonds is 1. The molecule has 6 heteroatoms. The highest BCUT2D eigenvalue weighted by atomic mass is 32.1. The van der Waals surface area contributed by atoms with Crippen LogP contribution < -0.4 is 10.6 Å². The van der Waals surface area contributed by atoms with Crippen LogP contribution in [0.15, 0.2) is 0 Å². The summed E-state index contributed by atoms with van der Waals surface area (Å²) in [5.74, 6) is -0.427. The highest BCUT2D eigenvalue weighted by Crippen LogP contribution is 2.45. The van der Waals surface area contributed by atoms with Crippen molar-refractivity contribution in [2.24, 2.45) is 5.73 Å². The number of nitriles is 1. The van der Waals surface area contributed by atoms with Gasteiger partial charge in [0, 0.05) is 36.9 Å². The van der Waals surface area contributed by atoms with E-state index < -0.39 is 5.79 Å². The Morgan fingerprint density at radius 2 is 2.19 bits per heavy atom. The van der Waals surface area contributed by atoms with Gasteiger partial charge in [-0.25, -0.2) is 0 Å². The summed E-state index contributed by atoms with van der Waals surface area (Å²) in [4.78, 5) is 3.53. The SMILES string of the molecule is N#Cc1c(N2CC[C@H](N)C2)sc2c1CCC1(C2)OCCO1. The third-order valence-electron chi connectivity index (χ3n) is 4.70. The van der Waals surface area contributed by atoms with Gasteiger partial charge < -0.3 is 20.1 Å². The lowest BCUT2D eigenvalue weighted by Gasteiger charge is -2.31. The molecule has 0 radical (unpaired) electrons. The number of anilines is 1. The molecule has 1 spiro atoms. The standard InChI is InChI=1S/C15H19N3O2S/c16-8-12-11-1-3-15(19-5-6-20-15)7-13(11)21-14(12)18-4-2-10(17)9-18/h10H,1-7,9,17H2/t10-/m0/s1. The van der Waals surface area contributed by atoms with E-state index in [9.17, 15) is 5.26 Å². The number of thiophene rings is 1. The zero-order valence-electron chi connectivity index (χ0n) is 11.9. The second kappa shape index (κ2) is 4.96. The van der Waals surface area contributed by atoms with E-state index in [0.29, 0.717) is 13.2 Å². The Bertz CT molecular complexity index is 601. The van der Waals surface area contributed by atoms with Gasteiger partial charge in [-0.2, -0.15) is 5.26 Å². The topological polar surface area (TPSA) is 71.5 Å². The largest absolute Gasteiger partial charge is 0.361 e. The lowest BCUT2D eigenvalue weighted by Crippen LogP contribution is -2.36. The predicted octanol–water partition coefficient (Wildman–Crippen LogP) is 1.39. The Morgan fingerprint density at radius 3 is 2.86 bits per heavy atom. The van der Waals surface area contributed by atoms with E-state index in [4.69, 9.17) is 15.2 Å². The van der Waals surface area contributed by atoms with Crippen LogP contribution in [-0.4, -0.2) is 38.1 Å². The van der Waals surface area contributed by atoms with Crippen LogP contribution in [0.25, 0.3) is 0 Å². The van der Waals surface area contributed by atoms with Crippen molar-refractivity contribution in [1.82, 2.24) is 0 Å². The molecule has 2 saturated heterocycles. The minimum absolute atomic E-state index is 0.225. The molecule has 0 amide bonds. The number of nitrogens with two attached hydrogens (primary N) is 1. The van der Waals surface area contributed by atoms with E-state index in [1.807, 2.05) is 0 Å². The molecule has 1 aromatic rings. The molecule has 3 aliphatic rings. The molecule has 0 aromatic carbocycles. The van der Waals surface area contributed by atoms with Crippen LogP contribution in [0.4, 0.5) is 5.00 Å². The lowest BCUT2D eigenvalue weighted by atomic mass is 9.91.